The van der Waals surface area contributed by atoms with Crippen LogP contribution in [0.3, 0.4) is 0 Å². The Kier molecular flexibility index (Phi) is 5.04. The van der Waals surface area contributed by atoms with Crippen LogP contribution < -0.4 is 5.32 Å². The smallest absolute Gasteiger partial charge is 0.238 e. The number of nitrogens with one attached hydrogen (secondary N) is 1. The maximum Gasteiger partial charge on any atom is 0.238 e. The number of benzene rings is 1. The Hall–Kier alpha value is -1.35. The molecule has 1 atom stereocenters. The Morgan fingerprint density at radius 1 is 1.29 bits per heavy atom. The topological polar surface area (TPSA) is 32.3 Å². The van der Waals surface area contributed by atoms with E-state index in [0.717, 1.165) is 18.8 Å². The molecule has 0 bridgehead atoms. The first kappa shape index (κ1) is 16.0. The molecule has 1 aromatic carbocycles. The number of hydrogen-bond donors (Lipinski definition) is 1. The summed E-state index contributed by atoms with van der Waals surface area (Å²) in [4.78, 5) is 14.4. The number of hydrogen-bond acceptors (Lipinski definition) is 2. The molecule has 1 aromatic rings. The van der Waals surface area contributed by atoms with Crippen molar-refractivity contribution in [1.82, 2.24) is 4.90 Å². The largest absolute Gasteiger partial charge is 0.325 e. The number of carbonyl (C=O) groups is 1. The third-order valence-electron chi connectivity index (χ3n) is 4.14. The first-order valence-electron chi connectivity index (χ1n) is 7.97. The number of likely N-dealkylation sites (tertiary alicyclic amines) is 1. The van der Waals surface area contributed by atoms with Crippen molar-refractivity contribution in [1.29, 1.82) is 0 Å². The van der Waals surface area contributed by atoms with Gasteiger partial charge in [0, 0.05) is 12.2 Å². The average molecular weight is 288 g/mol. The monoisotopic (exact) mass is 288 g/mol. The molecule has 0 aromatic heterocycles. The van der Waals surface area contributed by atoms with E-state index in [4.69, 9.17) is 0 Å². The Balaban J connectivity index is 1.87. The molecular weight excluding hydrogens is 260 g/mol. The summed E-state index contributed by atoms with van der Waals surface area (Å²) in [5.41, 5.74) is 2.32. The third-order valence-corrected chi connectivity index (χ3v) is 4.14. The molecule has 2 rings (SSSR count). The molecule has 1 aliphatic rings. The molecule has 1 heterocycles. The predicted molar refractivity (Wildman–Crippen MR) is 88.6 cm³/mol. The molecule has 21 heavy (non-hydrogen) atoms. The molecule has 0 radical (unpaired) electrons. The molecule has 116 valence electrons. The van der Waals surface area contributed by atoms with E-state index < -0.39 is 0 Å². The fourth-order valence-corrected chi connectivity index (χ4v) is 2.89. The normalized spacial score (nSPS) is 20.3. The van der Waals surface area contributed by atoms with E-state index in [2.05, 4.69) is 50.0 Å². The van der Waals surface area contributed by atoms with Crippen LogP contribution in [0.2, 0.25) is 0 Å². The zero-order valence-corrected chi connectivity index (χ0v) is 13.8. The molecule has 1 amide bonds. The SMILES string of the molecule is CC1CCCN(CC(=O)Nc2ccc(C(C)(C)C)cc2)C1. The van der Waals surface area contributed by atoms with Crippen LogP contribution in [0.25, 0.3) is 0 Å². The van der Waals surface area contributed by atoms with E-state index in [1.54, 1.807) is 0 Å². The molecule has 3 nitrogen and oxygen atoms in total. The van der Waals surface area contributed by atoms with Crippen molar-refractivity contribution in [3.63, 3.8) is 0 Å². The summed E-state index contributed by atoms with van der Waals surface area (Å²) in [6.07, 6.45) is 2.49. The highest BCUT2D eigenvalue weighted by Gasteiger charge is 2.18. The number of piperidine rings is 1. The molecule has 1 fully saturated rings. The summed E-state index contributed by atoms with van der Waals surface area (Å²) in [5, 5.41) is 3.00. The van der Waals surface area contributed by atoms with Crippen molar-refractivity contribution in [3.05, 3.63) is 29.8 Å². The highest BCUT2D eigenvalue weighted by atomic mass is 16.2. The van der Waals surface area contributed by atoms with Gasteiger partial charge in [0.05, 0.1) is 6.54 Å². The number of anilines is 1. The van der Waals surface area contributed by atoms with Crippen LogP contribution in [0.5, 0.6) is 0 Å². The Bertz CT molecular complexity index is 473. The molecule has 1 aliphatic heterocycles. The molecule has 3 heteroatoms. The van der Waals surface area contributed by atoms with E-state index in [1.807, 2.05) is 12.1 Å². The van der Waals surface area contributed by atoms with Crippen molar-refractivity contribution >= 4 is 11.6 Å². The van der Waals surface area contributed by atoms with Gasteiger partial charge in [-0.15, -0.1) is 0 Å². The van der Waals surface area contributed by atoms with E-state index in [1.165, 1.54) is 18.4 Å². The van der Waals surface area contributed by atoms with Crippen molar-refractivity contribution in [2.45, 2.75) is 46.0 Å². The van der Waals surface area contributed by atoms with Gasteiger partial charge in [0.25, 0.3) is 0 Å². The number of rotatable bonds is 3. The summed E-state index contributed by atoms with van der Waals surface area (Å²) >= 11 is 0. The zero-order valence-electron chi connectivity index (χ0n) is 13.8. The van der Waals surface area contributed by atoms with Crippen LogP contribution in [-0.2, 0) is 10.2 Å². The quantitative estimate of drug-likeness (QED) is 0.920. The van der Waals surface area contributed by atoms with Gasteiger partial charge in [-0.1, -0.05) is 39.8 Å². The van der Waals surface area contributed by atoms with Gasteiger partial charge in [-0.2, -0.15) is 0 Å². The van der Waals surface area contributed by atoms with Crippen LogP contribution in [0.1, 0.15) is 46.1 Å². The number of amides is 1. The van der Waals surface area contributed by atoms with Crippen molar-refractivity contribution in [3.8, 4) is 0 Å². The van der Waals surface area contributed by atoms with Crippen molar-refractivity contribution < 1.29 is 4.79 Å². The highest BCUT2D eigenvalue weighted by Crippen LogP contribution is 2.23. The lowest BCUT2D eigenvalue weighted by atomic mass is 9.87. The number of nitrogens with zero attached hydrogens (tertiary/aromatic N) is 1. The predicted octanol–water partition coefficient (Wildman–Crippen LogP) is 3.65. The van der Waals surface area contributed by atoms with Crippen molar-refractivity contribution in [2.24, 2.45) is 5.92 Å². The molecular formula is C18H28N2O. The fourth-order valence-electron chi connectivity index (χ4n) is 2.89. The average Bonchev–Trinajstić information content (AvgIpc) is 2.38. The molecule has 1 saturated heterocycles. The second-order valence-corrected chi connectivity index (χ2v) is 7.36. The minimum atomic E-state index is 0.0904. The summed E-state index contributed by atoms with van der Waals surface area (Å²) in [6.45, 7) is 11.4. The van der Waals surface area contributed by atoms with Gasteiger partial charge < -0.3 is 5.32 Å². The second kappa shape index (κ2) is 6.61. The first-order valence-corrected chi connectivity index (χ1v) is 7.97. The molecule has 0 spiro atoms. The maximum atomic E-state index is 12.1. The van der Waals surface area contributed by atoms with Gasteiger partial charge in [-0.3, -0.25) is 9.69 Å². The highest BCUT2D eigenvalue weighted by molar-refractivity contribution is 5.92. The Morgan fingerprint density at radius 3 is 2.52 bits per heavy atom. The van der Waals surface area contributed by atoms with Gasteiger partial charge in [-0.25, -0.2) is 0 Å². The van der Waals surface area contributed by atoms with E-state index in [9.17, 15) is 4.79 Å². The van der Waals surface area contributed by atoms with Crippen LogP contribution in [-0.4, -0.2) is 30.4 Å². The lowest BCUT2D eigenvalue weighted by molar-refractivity contribution is -0.117. The van der Waals surface area contributed by atoms with Crippen LogP contribution in [0, 0.1) is 5.92 Å². The van der Waals surface area contributed by atoms with E-state index in [-0.39, 0.29) is 11.3 Å². The van der Waals surface area contributed by atoms with Crippen LogP contribution >= 0.6 is 0 Å². The molecule has 1 unspecified atom stereocenters. The van der Waals surface area contributed by atoms with Gasteiger partial charge >= 0.3 is 0 Å². The van der Waals surface area contributed by atoms with Gasteiger partial charge in [0.1, 0.15) is 0 Å². The standard InChI is InChI=1S/C18H28N2O/c1-14-6-5-11-20(12-14)13-17(21)19-16-9-7-15(8-10-16)18(2,3)4/h7-10,14H,5-6,11-13H2,1-4H3,(H,19,21). The fraction of sp³-hybridized carbons (Fsp3) is 0.611. The first-order chi connectivity index (χ1) is 9.84. The Morgan fingerprint density at radius 2 is 1.95 bits per heavy atom. The van der Waals surface area contributed by atoms with Crippen LogP contribution in [0.15, 0.2) is 24.3 Å². The maximum absolute atomic E-state index is 12.1. The van der Waals surface area contributed by atoms with E-state index in [0.29, 0.717) is 12.5 Å². The van der Waals surface area contributed by atoms with Crippen LogP contribution in [0.4, 0.5) is 5.69 Å². The van der Waals surface area contributed by atoms with E-state index >= 15 is 0 Å². The van der Waals surface area contributed by atoms with Crippen molar-refractivity contribution in [2.75, 3.05) is 25.0 Å². The molecule has 0 saturated carbocycles. The van der Waals surface area contributed by atoms with Gasteiger partial charge in [0.2, 0.25) is 5.91 Å². The van der Waals surface area contributed by atoms with Gasteiger partial charge in [-0.05, 0) is 48.4 Å². The second-order valence-electron chi connectivity index (χ2n) is 7.36. The lowest BCUT2D eigenvalue weighted by Crippen LogP contribution is -2.39. The lowest BCUT2D eigenvalue weighted by Gasteiger charge is -2.30. The summed E-state index contributed by atoms with van der Waals surface area (Å²) in [6, 6.07) is 8.19. The summed E-state index contributed by atoms with van der Waals surface area (Å²) < 4.78 is 0. The third kappa shape index (κ3) is 4.85. The minimum Gasteiger partial charge on any atom is -0.325 e. The zero-order chi connectivity index (χ0) is 15.5. The minimum absolute atomic E-state index is 0.0904. The number of carbonyl (C=O) groups excluding carboxylic acids is 1. The molecule has 1 N–H and O–H groups in total. The van der Waals surface area contributed by atoms with Gasteiger partial charge in [0.15, 0.2) is 0 Å². The summed E-state index contributed by atoms with van der Waals surface area (Å²) in [5.74, 6) is 0.797. The Labute approximate surface area is 128 Å². The summed E-state index contributed by atoms with van der Waals surface area (Å²) in [7, 11) is 0. The molecule has 0 aliphatic carbocycles.